The maximum atomic E-state index is 13.9. The number of carbonyl (C=O) groups is 1. The van der Waals surface area contributed by atoms with Crippen LogP contribution in [0.25, 0.3) is 0 Å². The standard InChI is InChI=1S/C21H20F2N2O2/c1-14(17-10-9-16(22)12-18(17)23)25-20(26)13-24-21(19-8-5-11-27-19)15-6-3-2-4-7-15/h2-12,14,21,24H,13H2,1H3,(H,25,26)/t14-,21-/m0/s1. The molecule has 3 rings (SSSR count). The zero-order chi connectivity index (χ0) is 19.2. The number of rotatable bonds is 7. The summed E-state index contributed by atoms with van der Waals surface area (Å²) in [4.78, 5) is 12.3. The molecule has 1 aromatic heterocycles. The van der Waals surface area contributed by atoms with E-state index in [0.717, 1.165) is 11.6 Å². The fraction of sp³-hybridized carbons (Fsp3) is 0.190. The van der Waals surface area contributed by atoms with E-state index in [4.69, 9.17) is 4.42 Å². The van der Waals surface area contributed by atoms with Gasteiger partial charge in [-0.25, -0.2) is 8.78 Å². The molecule has 2 N–H and O–H groups in total. The molecule has 0 spiro atoms. The summed E-state index contributed by atoms with van der Waals surface area (Å²) < 4.78 is 32.4. The fourth-order valence-electron chi connectivity index (χ4n) is 2.90. The maximum absolute atomic E-state index is 13.9. The second-order valence-electron chi connectivity index (χ2n) is 6.20. The van der Waals surface area contributed by atoms with Crippen molar-refractivity contribution in [3.63, 3.8) is 0 Å². The van der Waals surface area contributed by atoms with Crippen LogP contribution in [0.4, 0.5) is 8.78 Å². The topological polar surface area (TPSA) is 54.3 Å². The van der Waals surface area contributed by atoms with Gasteiger partial charge in [-0.05, 0) is 30.7 Å². The third-order valence-electron chi connectivity index (χ3n) is 4.23. The van der Waals surface area contributed by atoms with Gasteiger partial charge >= 0.3 is 0 Å². The van der Waals surface area contributed by atoms with Crippen molar-refractivity contribution in [2.24, 2.45) is 0 Å². The molecule has 0 aliphatic heterocycles. The lowest BCUT2D eigenvalue weighted by molar-refractivity contribution is -0.121. The third-order valence-corrected chi connectivity index (χ3v) is 4.23. The lowest BCUT2D eigenvalue weighted by atomic mass is 10.0. The molecule has 3 aromatic rings. The van der Waals surface area contributed by atoms with Crippen molar-refractivity contribution >= 4 is 5.91 Å². The Morgan fingerprint density at radius 2 is 1.85 bits per heavy atom. The van der Waals surface area contributed by atoms with E-state index in [-0.39, 0.29) is 24.1 Å². The smallest absolute Gasteiger partial charge is 0.234 e. The molecule has 1 heterocycles. The number of amides is 1. The van der Waals surface area contributed by atoms with E-state index in [1.54, 1.807) is 19.3 Å². The first-order chi connectivity index (χ1) is 13.0. The number of hydrogen-bond acceptors (Lipinski definition) is 3. The minimum atomic E-state index is -0.687. The van der Waals surface area contributed by atoms with Crippen LogP contribution in [0.1, 0.15) is 35.9 Å². The summed E-state index contributed by atoms with van der Waals surface area (Å²) in [5.41, 5.74) is 1.19. The van der Waals surface area contributed by atoms with E-state index < -0.39 is 17.7 Å². The van der Waals surface area contributed by atoms with Gasteiger partial charge in [-0.3, -0.25) is 10.1 Å². The summed E-state index contributed by atoms with van der Waals surface area (Å²) in [5, 5.41) is 5.87. The molecule has 2 aromatic carbocycles. The summed E-state index contributed by atoms with van der Waals surface area (Å²) in [6.07, 6.45) is 1.58. The Morgan fingerprint density at radius 1 is 1.07 bits per heavy atom. The van der Waals surface area contributed by atoms with Crippen molar-refractivity contribution in [2.75, 3.05) is 6.54 Å². The van der Waals surface area contributed by atoms with Gasteiger partial charge in [0, 0.05) is 11.6 Å². The summed E-state index contributed by atoms with van der Waals surface area (Å²) >= 11 is 0. The quantitative estimate of drug-likeness (QED) is 0.658. The van der Waals surface area contributed by atoms with E-state index in [1.165, 1.54) is 12.1 Å². The number of halogens is 2. The van der Waals surface area contributed by atoms with Crippen molar-refractivity contribution in [3.8, 4) is 0 Å². The highest BCUT2D eigenvalue weighted by atomic mass is 19.1. The summed E-state index contributed by atoms with van der Waals surface area (Å²) in [5.74, 6) is -0.959. The van der Waals surface area contributed by atoms with Crippen LogP contribution in [-0.2, 0) is 4.79 Å². The van der Waals surface area contributed by atoms with Crippen molar-refractivity contribution in [2.45, 2.75) is 19.0 Å². The van der Waals surface area contributed by atoms with Gasteiger partial charge in [0.15, 0.2) is 0 Å². The molecule has 6 heteroatoms. The largest absolute Gasteiger partial charge is 0.467 e. The molecular formula is C21H20F2N2O2. The molecule has 0 fully saturated rings. The average molecular weight is 370 g/mol. The summed E-state index contributed by atoms with van der Waals surface area (Å²) in [7, 11) is 0. The molecule has 4 nitrogen and oxygen atoms in total. The van der Waals surface area contributed by atoms with Crippen LogP contribution in [0.3, 0.4) is 0 Å². The number of nitrogens with one attached hydrogen (secondary N) is 2. The first kappa shape index (κ1) is 18.8. The lowest BCUT2D eigenvalue weighted by Gasteiger charge is -2.19. The zero-order valence-corrected chi connectivity index (χ0v) is 14.8. The van der Waals surface area contributed by atoms with E-state index in [9.17, 15) is 13.6 Å². The van der Waals surface area contributed by atoms with Crippen LogP contribution in [-0.4, -0.2) is 12.5 Å². The molecule has 0 bridgehead atoms. The number of furan rings is 1. The molecular weight excluding hydrogens is 350 g/mol. The molecule has 0 aliphatic carbocycles. The van der Waals surface area contributed by atoms with E-state index >= 15 is 0 Å². The molecule has 0 aliphatic rings. The highest BCUT2D eigenvalue weighted by molar-refractivity contribution is 5.78. The Hall–Kier alpha value is -2.99. The SMILES string of the molecule is C[C@H](NC(=O)CN[C@@H](c1ccccc1)c1ccco1)c1ccc(F)cc1F. The maximum Gasteiger partial charge on any atom is 0.234 e. The first-order valence-electron chi connectivity index (χ1n) is 8.60. The fourth-order valence-corrected chi connectivity index (χ4v) is 2.90. The van der Waals surface area contributed by atoms with Gasteiger partial charge < -0.3 is 9.73 Å². The molecule has 0 saturated carbocycles. The van der Waals surface area contributed by atoms with Crippen molar-refractivity contribution in [3.05, 3.63) is 95.4 Å². The Balaban J connectivity index is 1.64. The van der Waals surface area contributed by atoms with E-state index in [1.807, 2.05) is 36.4 Å². The molecule has 1 amide bonds. The zero-order valence-electron chi connectivity index (χ0n) is 14.8. The normalized spacial score (nSPS) is 13.1. The van der Waals surface area contributed by atoms with Gasteiger partial charge in [0.05, 0.1) is 24.9 Å². The predicted octanol–water partition coefficient (Wildman–Crippen LogP) is 4.11. The molecule has 140 valence electrons. The monoisotopic (exact) mass is 370 g/mol. The van der Waals surface area contributed by atoms with E-state index in [2.05, 4.69) is 10.6 Å². The van der Waals surface area contributed by atoms with Gasteiger partial charge in [0.25, 0.3) is 0 Å². The molecule has 27 heavy (non-hydrogen) atoms. The van der Waals surface area contributed by atoms with Crippen molar-refractivity contribution < 1.29 is 18.0 Å². The van der Waals surface area contributed by atoms with Crippen LogP contribution in [0, 0.1) is 11.6 Å². The van der Waals surface area contributed by atoms with Gasteiger partial charge in [0.1, 0.15) is 17.4 Å². The highest BCUT2D eigenvalue weighted by Gasteiger charge is 2.19. The van der Waals surface area contributed by atoms with Crippen LogP contribution >= 0.6 is 0 Å². The van der Waals surface area contributed by atoms with Gasteiger partial charge in [-0.1, -0.05) is 36.4 Å². The highest BCUT2D eigenvalue weighted by Crippen LogP contribution is 2.22. The number of carbonyl (C=O) groups excluding carboxylic acids is 1. The van der Waals surface area contributed by atoms with Gasteiger partial charge in [0.2, 0.25) is 5.91 Å². The average Bonchev–Trinajstić information content (AvgIpc) is 3.17. The summed E-state index contributed by atoms with van der Waals surface area (Å²) in [6.45, 7) is 1.66. The Morgan fingerprint density at radius 3 is 2.52 bits per heavy atom. The number of benzene rings is 2. The van der Waals surface area contributed by atoms with Crippen molar-refractivity contribution in [1.29, 1.82) is 0 Å². The molecule has 2 atom stereocenters. The Bertz CT molecular complexity index is 882. The Labute approximate surface area is 156 Å². The predicted molar refractivity (Wildman–Crippen MR) is 97.9 cm³/mol. The Kier molecular flexibility index (Phi) is 5.98. The summed E-state index contributed by atoms with van der Waals surface area (Å²) in [6, 6.07) is 15.7. The van der Waals surface area contributed by atoms with Crippen molar-refractivity contribution in [1.82, 2.24) is 10.6 Å². The third kappa shape index (κ3) is 4.80. The lowest BCUT2D eigenvalue weighted by Crippen LogP contribution is -2.37. The van der Waals surface area contributed by atoms with Crippen LogP contribution in [0.5, 0.6) is 0 Å². The van der Waals surface area contributed by atoms with Gasteiger partial charge in [-0.2, -0.15) is 0 Å². The van der Waals surface area contributed by atoms with Crippen LogP contribution < -0.4 is 10.6 Å². The minimum absolute atomic E-state index is 0.00736. The molecule has 0 saturated heterocycles. The van der Waals surface area contributed by atoms with Crippen LogP contribution in [0.15, 0.2) is 71.3 Å². The van der Waals surface area contributed by atoms with Gasteiger partial charge in [-0.15, -0.1) is 0 Å². The van der Waals surface area contributed by atoms with Crippen LogP contribution in [0.2, 0.25) is 0 Å². The molecule has 0 unspecified atom stereocenters. The first-order valence-corrected chi connectivity index (χ1v) is 8.60. The molecule has 0 radical (unpaired) electrons. The number of hydrogen-bond donors (Lipinski definition) is 2. The second kappa shape index (κ2) is 8.60. The second-order valence-corrected chi connectivity index (χ2v) is 6.20. The van der Waals surface area contributed by atoms with E-state index in [0.29, 0.717) is 5.76 Å². The minimum Gasteiger partial charge on any atom is -0.467 e.